The number of amides is 2. The van der Waals surface area contributed by atoms with Crippen LogP contribution < -0.4 is 5.43 Å². The first-order valence-corrected chi connectivity index (χ1v) is 3.05. The summed E-state index contributed by atoms with van der Waals surface area (Å²) < 4.78 is 0. The van der Waals surface area contributed by atoms with Gasteiger partial charge in [0.05, 0.1) is 0 Å². The molecule has 0 aromatic rings. The molecule has 0 aromatic heterocycles. The van der Waals surface area contributed by atoms with Crippen LogP contribution in [0.2, 0.25) is 0 Å². The fourth-order valence-corrected chi connectivity index (χ4v) is 0.859. The second kappa shape index (κ2) is 1.71. The van der Waals surface area contributed by atoms with Crippen LogP contribution in [-0.4, -0.2) is 23.9 Å². The fraction of sp³-hybridized carbons (Fsp3) is 0.667. The van der Waals surface area contributed by atoms with Crippen LogP contribution in [0.1, 0.15) is 13.8 Å². The summed E-state index contributed by atoms with van der Waals surface area (Å²) in [5.41, 5.74) is 1.52. The van der Waals surface area contributed by atoms with Crippen LogP contribution in [0.3, 0.4) is 0 Å². The number of nitrogens with one attached hydrogen (secondary N) is 1. The van der Waals surface area contributed by atoms with Gasteiger partial charge in [0.15, 0.2) is 0 Å². The van der Waals surface area contributed by atoms with Crippen molar-refractivity contribution in [3.05, 3.63) is 0 Å². The average Bonchev–Trinajstić information content (AvgIpc) is 1.97. The summed E-state index contributed by atoms with van der Waals surface area (Å²) in [7, 11) is 1.54. The smallest absolute Gasteiger partial charge is 0.255 e. The number of rotatable bonds is 0. The topological polar surface area (TPSA) is 49.4 Å². The normalized spacial score (nSPS) is 23.3. The molecule has 0 saturated carbocycles. The quantitative estimate of drug-likeness (QED) is 0.464. The van der Waals surface area contributed by atoms with Crippen molar-refractivity contribution >= 4 is 11.8 Å². The maximum Gasteiger partial charge on any atom is 0.255 e. The molecular formula is C6H10N2O2. The highest BCUT2D eigenvalue weighted by Crippen LogP contribution is 2.22. The number of hydrazine groups is 1. The third kappa shape index (κ3) is 0.683. The highest BCUT2D eigenvalue weighted by atomic mass is 16.2. The highest BCUT2D eigenvalue weighted by molar-refractivity contribution is 6.08. The van der Waals surface area contributed by atoms with Gasteiger partial charge in [-0.3, -0.25) is 20.0 Å². The summed E-state index contributed by atoms with van der Waals surface area (Å²) in [6, 6.07) is 0. The minimum atomic E-state index is -0.880. The molecule has 1 heterocycles. The minimum absolute atomic E-state index is 0.183. The summed E-state index contributed by atoms with van der Waals surface area (Å²) in [4.78, 5) is 22.0. The molecule has 0 bridgehead atoms. The van der Waals surface area contributed by atoms with E-state index in [1.807, 2.05) is 0 Å². The molecule has 4 heteroatoms. The first-order valence-electron chi connectivity index (χ1n) is 3.05. The lowest BCUT2D eigenvalue weighted by Crippen LogP contribution is -2.31. The molecular weight excluding hydrogens is 132 g/mol. The molecule has 1 fully saturated rings. The number of carbonyl (C=O) groups excluding carboxylic acids is 2. The van der Waals surface area contributed by atoms with Gasteiger partial charge in [0.25, 0.3) is 11.8 Å². The molecule has 2 amide bonds. The second-order valence-electron chi connectivity index (χ2n) is 2.93. The van der Waals surface area contributed by atoms with Crippen molar-refractivity contribution in [3.8, 4) is 0 Å². The molecule has 4 nitrogen and oxygen atoms in total. The molecule has 1 N–H and O–H groups in total. The van der Waals surface area contributed by atoms with Crippen molar-refractivity contribution < 1.29 is 9.59 Å². The second-order valence-corrected chi connectivity index (χ2v) is 2.93. The molecule has 1 saturated heterocycles. The van der Waals surface area contributed by atoms with Gasteiger partial charge in [-0.25, -0.2) is 0 Å². The van der Waals surface area contributed by atoms with E-state index >= 15 is 0 Å². The van der Waals surface area contributed by atoms with Crippen LogP contribution in [0.15, 0.2) is 0 Å². The number of hydrogen-bond acceptors (Lipinski definition) is 2. The summed E-state index contributed by atoms with van der Waals surface area (Å²) >= 11 is 0. The van der Waals surface area contributed by atoms with Gasteiger partial charge in [0, 0.05) is 7.05 Å². The largest absolute Gasteiger partial charge is 0.272 e. The van der Waals surface area contributed by atoms with Crippen molar-refractivity contribution in [2.24, 2.45) is 5.41 Å². The predicted molar refractivity (Wildman–Crippen MR) is 34.7 cm³/mol. The molecule has 1 aliphatic rings. The van der Waals surface area contributed by atoms with E-state index in [0.717, 1.165) is 0 Å². The van der Waals surface area contributed by atoms with Crippen molar-refractivity contribution in [1.82, 2.24) is 10.4 Å². The summed E-state index contributed by atoms with van der Waals surface area (Å²) in [5.74, 6) is -0.419. The van der Waals surface area contributed by atoms with E-state index in [0.29, 0.717) is 0 Å². The molecule has 0 aromatic carbocycles. The summed E-state index contributed by atoms with van der Waals surface area (Å²) in [6.07, 6.45) is 0. The molecule has 1 rings (SSSR count). The van der Waals surface area contributed by atoms with E-state index in [-0.39, 0.29) is 11.8 Å². The van der Waals surface area contributed by atoms with Crippen LogP contribution in [0.5, 0.6) is 0 Å². The van der Waals surface area contributed by atoms with Gasteiger partial charge in [-0.05, 0) is 13.8 Å². The molecule has 0 atom stereocenters. The van der Waals surface area contributed by atoms with E-state index in [2.05, 4.69) is 5.43 Å². The maximum atomic E-state index is 11.1. The summed E-state index contributed by atoms with van der Waals surface area (Å²) in [5, 5.41) is 1.21. The average molecular weight is 142 g/mol. The number of nitrogens with zero attached hydrogens (tertiary/aromatic N) is 1. The lowest BCUT2D eigenvalue weighted by molar-refractivity contribution is -0.136. The van der Waals surface area contributed by atoms with E-state index < -0.39 is 5.41 Å². The van der Waals surface area contributed by atoms with Crippen molar-refractivity contribution in [3.63, 3.8) is 0 Å². The molecule has 10 heavy (non-hydrogen) atoms. The minimum Gasteiger partial charge on any atom is -0.272 e. The van der Waals surface area contributed by atoms with E-state index in [9.17, 15) is 9.59 Å². The maximum absolute atomic E-state index is 11.1. The third-order valence-corrected chi connectivity index (χ3v) is 1.68. The summed E-state index contributed by atoms with van der Waals surface area (Å²) in [6.45, 7) is 3.21. The molecule has 0 unspecified atom stereocenters. The predicted octanol–water partition coefficient (Wildman–Crippen LogP) is -0.484. The molecule has 0 aliphatic carbocycles. The highest BCUT2D eigenvalue weighted by Gasteiger charge is 2.44. The van der Waals surface area contributed by atoms with Crippen LogP contribution >= 0.6 is 0 Å². The van der Waals surface area contributed by atoms with Crippen LogP contribution in [-0.2, 0) is 9.59 Å². The van der Waals surface area contributed by atoms with Gasteiger partial charge in [-0.15, -0.1) is 0 Å². The van der Waals surface area contributed by atoms with Crippen LogP contribution in [0.25, 0.3) is 0 Å². The molecule has 1 aliphatic heterocycles. The van der Waals surface area contributed by atoms with Gasteiger partial charge >= 0.3 is 0 Å². The Balaban J connectivity index is 2.96. The first kappa shape index (κ1) is 7.05. The fourth-order valence-electron chi connectivity index (χ4n) is 0.859. The zero-order valence-corrected chi connectivity index (χ0v) is 6.26. The van der Waals surface area contributed by atoms with E-state index in [1.54, 1.807) is 13.8 Å². The molecule has 0 spiro atoms. The van der Waals surface area contributed by atoms with Crippen molar-refractivity contribution in [1.29, 1.82) is 0 Å². The zero-order valence-electron chi connectivity index (χ0n) is 6.26. The number of carbonyl (C=O) groups is 2. The molecule has 0 radical (unpaired) electrons. The van der Waals surface area contributed by atoms with Crippen LogP contribution in [0.4, 0.5) is 0 Å². The standard InChI is InChI=1S/C6H10N2O2/c1-6(2)4(9)7-8(3)5(6)10/h1-3H3,(H,7,9). The Morgan fingerprint density at radius 3 is 2.00 bits per heavy atom. The Morgan fingerprint density at radius 1 is 1.40 bits per heavy atom. The zero-order chi connectivity index (χ0) is 7.94. The third-order valence-electron chi connectivity index (χ3n) is 1.68. The van der Waals surface area contributed by atoms with E-state index in [4.69, 9.17) is 0 Å². The lowest BCUT2D eigenvalue weighted by atomic mass is 9.93. The lowest BCUT2D eigenvalue weighted by Gasteiger charge is -2.09. The van der Waals surface area contributed by atoms with Crippen molar-refractivity contribution in [2.45, 2.75) is 13.8 Å². The van der Waals surface area contributed by atoms with E-state index in [1.165, 1.54) is 12.1 Å². The molecule has 56 valence electrons. The van der Waals surface area contributed by atoms with Gasteiger partial charge in [-0.1, -0.05) is 0 Å². The van der Waals surface area contributed by atoms with Crippen molar-refractivity contribution in [2.75, 3.05) is 7.05 Å². The monoisotopic (exact) mass is 142 g/mol. The Morgan fingerprint density at radius 2 is 1.90 bits per heavy atom. The van der Waals surface area contributed by atoms with Crippen LogP contribution in [0, 0.1) is 5.41 Å². The SMILES string of the molecule is CN1NC(=O)C(C)(C)C1=O. The Hall–Kier alpha value is -1.06. The number of hydrogen-bond donors (Lipinski definition) is 1. The Labute approximate surface area is 59.2 Å². The Kier molecular flexibility index (Phi) is 1.21. The van der Waals surface area contributed by atoms with Gasteiger partial charge in [0.2, 0.25) is 0 Å². The first-order chi connectivity index (χ1) is 4.46. The Bertz CT molecular complexity index is 198. The van der Waals surface area contributed by atoms with Gasteiger partial charge < -0.3 is 0 Å². The van der Waals surface area contributed by atoms with Gasteiger partial charge in [0.1, 0.15) is 5.41 Å². The van der Waals surface area contributed by atoms with Gasteiger partial charge in [-0.2, -0.15) is 0 Å².